The summed E-state index contributed by atoms with van der Waals surface area (Å²) in [4.78, 5) is 8.60. The van der Waals surface area contributed by atoms with Crippen molar-refractivity contribution in [2.24, 2.45) is 0 Å². The van der Waals surface area contributed by atoms with Gasteiger partial charge in [-0.15, -0.1) is 0 Å². The van der Waals surface area contributed by atoms with Gasteiger partial charge in [0, 0.05) is 28.7 Å². The van der Waals surface area contributed by atoms with Crippen molar-refractivity contribution in [3.63, 3.8) is 0 Å². The fourth-order valence-electron chi connectivity index (χ4n) is 3.79. The molecule has 0 aliphatic carbocycles. The van der Waals surface area contributed by atoms with E-state index in [2.05, 4.69) is 37.7 Å². The number of hydrogen-bond acceptors (Lipinski definition) is 2. The predicted octanol–water partition coefficient (Wildman–Crippen LogP) is 6.98. The van der Waals surface area contributed by atoms with Crippen LogP contribution in [-0.2, 0) is 0 Å². The fourth-order valence-corrected chi connectivity index (χ4v) is 3.79. The van der Waals surface area contributed by atoms with Crippen LogP contribution in [0.5, 0.6) is 0 Å². The summed E-state index contributed by atoms with van der Waals surface area (Å²) in [5.41, 5.74) is 3.13. The highest BCUT2D eigenvalue weighted by Crippen LogP contribution is 2.35. The largest absolute Gasteiger partial charge is 0.264 e. The maximum Gasteiger partial charge on any atom is 0.149 e. The van der Waals surface area contributed by atoms with Gasteiger partial charge < -0.3 is 0 Å². The van der Waals surface area contributed by atoms with E-state index in [1.54, 1.807) is 24.5 Å². The monoisotopic (exact) mass is 376 g/mol. The number of halogens is 2. The second-order valence-corrected chi connectivity index (χ2v) is 7.79. The Morgan fingerprint density at radius 2 is 1.54 bits per heavy atom. The van der Waals surface area contributed by atoms with Gasteiger partial charge in [-0.25, -0.2) is 13.8 Å². The summed E-state index contributed by atoms with van der Waals surface area (Å²) in [7, 11) is 0. The molecule has 2 aromatic heterocycles. The van der Waals surface area contributed by atoms with Crippen LogP contribution in [0.2, 0.25) is 0 Å². The van der Waals surface area contributed by atoms with Gasteiger partial charge in [-0.2, -0.15) is 0 Å². The second kappa shape index (κ2) is 6.93. The molecule has 0 saturated heterocycles. The van der Waals surface area contributed by atoms with Crippen LogP contribution < -0.4 is 0 Å². The molecule has 0 aliphatic heterocycles. The first-order valence-corrected chi connectivity index (χ1v) is 9.54. The van der Waals surface area contributed by atoms with E-state index in [9.17, 15) is 4.39 Å². The number of nitrogens with zero attached hydrogens (tertiary/aromatic N) is 2. The van der Waals surface area contributed by atoms with Crippen LogP contribution >= 0.6 is 0 Å². The number of benzene rings is 2. The van der Waals surface area contributed by atoms with Crippen molar-refractivity contribution in [1.29, 1.82) is 0 Å². The maximum atomic E-state index is 15.3. The van der Waals surface area contributed by atoms with Crippen molar-refractivity contribution in [2.45, 2.75) is 39.5 Å². The summed E-state index contributed by atoms with van der Waals surface area (Å²) in [6.07, 6.45) is 3.21. The van der Waals surface area contributed by atoms with Crippen molar-refractivity contribution in [3.05, 3.63) is 71.6 Å². The summed E-state index contributed by atoms with van der Waals surface area (Å²) < 4.78 is 29.9. The molecule has 0 N–H and O–H groups in total. The van der Waals surface area contributed by atoms with Gasteiger partial charge >= 0.3 is 0 Å². The van der Waals surface area contributed by atoms with E-state index in [4.69, 9.17) is 0 Å². The second-order valence-electron chi connectivity index (χ2n) is 7.79. The van der Waals surface area contributed by atoms with Crippen molar-refractivity contribution < 1.29 is 8.78 Å². The quantitative estimate of drug-likeness (QED) is 0.386. The topological polar surface area (TPSA) is 25.8 Å². The van der Waals surface area contributed by atoms with Crippen molar-refractivity contribution in [3.8, 4) is 11.3 Å². The van der Waals surface area contributed by atoms with E-state index < -0.39 is 5.82 Å². The molecule has 4 rings (SSSR count). The van der Waals surface area contributed by atoms with Gasteiger partial charge in [0.25, 0.3) is 0 Å². The number of aromatic nitrogens is 2. The minimum atomic E-state index is -0.395. The fraction of sp³-hybridized carbons (Fsp3) is 0.250. The van der Waals surface area contributed by atoms with E-state index in [0.717, 1.165) is 21.9 Å². The first-order chi connectivity index (χ1) is 13.4. The van der Waals surface area contributed by atoms with Gasteiger partial charge in [0.2, 0.25) is 0 Å². The maximum absolute atomic E-state index is 15.3. The van der Waals surface area contributed by atoms with Crippen LogP contribution in [0.25, 0.3) is 32.9 Å². The van der Waals surface area contributed by atoms with Gasteiger partial charge in [-0.1, -0.05) is 39.8 Å². The third-order valence-corrected chi connectivity index (χ3v) is 5.27. The zero-order valence-corrected chi connectivity index (χ0v) is 16.4. The summed E-state index contributed by atoms with van der Waals surface area (Å²) in [5, 5.41) is 2.08. The van der Waals surface area contributed by atoms with E-state index >= 15 is 4.39 Å². The van der Waals surface area contributed by atoms with Gasteiger partial charge in [-0.05, 0) is 52.6 Å². The molecule has 0 radical (unpaired) electrons. The van der Waals surface area contributed by atoms with E-state index in [-0.39, 0.29) is 23.2 Å². The predicted molar refractivity (Wildman–Crippen MR) is 111 cm³/mol. The van der Waals surface area contributed by atoms with Gasteiger partial charge in [0.05, 0.1) is 5.69 Å². The van der Waals surface area contributed by atoms with E-state index in [0.29, 0.717) is 16.6 Å². The van der Waals surface area contributed by atoms with Gasteiger partial charge in [0.1, 0.15) is 17.2 Å². The summed E-state index contributed by atoms with van der Waals surface area (Å²) in [6, 6.07) is 10.5. The van der Waals surface area contributed by atoms with Crippen molar-refractivity contribution in [1.82, 2.24) is 9.97 Å². The molecule has 4 aromatic rings. The number of hydrogen-bond donors (Lipinski definition) is 0. The smallest absolute Gasteiger partial charge is 0.149 e. The molecule has 0 aliphatic rings. The van der Waals surface area contributed by atoms with Crippen LogP contribution in [0.4, 0.5) is 8.78 Å². The first kappa shape index (κ1) is 18.5. The first-order valence-electron chi connectivity index (χ1n) is 9.54. The Bertz CT molecular complexity index is 1200. The molecule has 142 valence electrons. The molecule has 28 heavy (non-hydrogen) atoms. The standard InChI is InChI=1S/C24H22F2N2/c1-13(2)15-5-7-21(25)24-17(15)6-8-22(28-24)19-11-18(14(3)4)16-9-10-27-12-20(16)23(19)26/h5-14H,1-4H3. The van der Waals surface area contributed by atoms with Crippen LogP contribution in [-0.4, -0.2) is 9.97 Å². The summed E-state index contributed by atoms with van der Waals surface area (Å²) >= 11 is 0. The molecule has 2 nitrogen and oxygen atoms in total. The van der Waals surface area contributed by atoms with Crippen molar-refractivity contribution >= 4 is 21.7 Å². The third kappa shape index (κ3) is 2.93. The molecule has 4 heteroatoms. The molecule has 0 atom stereocenters. The van der Waals surface area contributed by atoms with Crippen molar-refractivity contribution in [2.75, 3.05) is 0 Å². The van der Waals surface area contributed by atoms with Gasteiger partial charge in [-0.3, -0.25) is 4.98 Å². The molecular formula is C24H22F2N2. The number of fused-ring (bicyclic) bond motifs is 2. The highest BCUT2D eigenvalue weighted by molar-refractivity contribution is 5.92. The highest BCUT2D eigenvalue weighted by atomic mass is 19.1. The van der Waals surface area contributed by atoms with Crippen LogP contribution in [0.1, 0.15) is 50.7 Å². The Labute approximate surface area is 163 Å². The average Bonchev–Trinajstić information content (AvgIpc) is 2.68. The van der Waals surface area contributed by atoms with Gasteiger partial charge in [0.15, 0.2) is 0 Å². The lowest BCUT2D eigenvalue weighted by atomic mass is 9.92. The number of pyridine rings is 2. The Morgan fingerprint density at radius 3 is 2.25 bits per heavy atom. The zero-order chi connectivity index (χ0) is 20.0. The third-order valence-electron chi connectivity index (χ3n) is 5.27. The molecule has 2 aromatic carbocycles. The van der Waals surface area contributed by atoms with E-state index in [1.165, 1.54) is 6.07 Å². The zero-order valence-electron chi connectivity index (χ0n) is 16.4. The molecular weight excluding hydrogens is 354 g/mol. The lowest BCUT2D eigenvalue weighted by molar-refractivity contribution is 0.634. The molecule has 0 spiro atoms. The Balaban J connectivity index is 2.02. The Morgan fingerprint density at radius 1 is 0.786 bits per heavy atom. The minimum Gasteiger partial charge on any atom is -0.264 e. The summed E-state index contributed by atoms with van der Waals surface area (Å²) in [5.74, 6) is -0.325. The Hall–Kier alpha value is -2.88. The van der Waals surface area contributed by atoms with Crippen LogP contribution in [0.3, 0.4) is 0 Å². The molecule has 0 fully saturated rings. The van der Waals surface area contributed by atoms with E-state index in [1.807, 2.05) is 18.2 Å². The SMILES string of the molecule is CC(C)c1cc(-c2ccc3c(C(C)C)ccc(F)c3n2)c(F)c2cnccc12. The average molecular weight is 376 g/mol. The van der Waals surface area contributed by atoms with Crippen LogP contribution in [0.15, 0.2) is 48.8 Å². The lowest BCUT2D eigenvalue weighted by Gasteiger charge is -2.15. The summed E-state index contributed by atoms with van der Waals surface area (Å²) in [6.45, 7) is 8.26. The highest BCUT2D eigenvalue weighted by Gasteiger charge is 2.18. The molecule has 0 saturated carbocycles. The molecule has 0 unspecified atom stereocenters. The minimum absolute atomic E-state index is 0.203. The lowest BCUT2D eigenvalue weighted by Crippen LogP contribution is -1.99. The molecule has 0 amide bonds. The number of rotatable bonds is 3. The normalized spacial score (nSPS) is 11.9. The molecule has 2 heterocycles. The van der Waals surface area contributed by atoms with Crippen LogP contribution in [0, 0.1) is 11.6 Å². The Kier molecular flexibility index (Phi) is 4.58. The molecule has 0 bridgehead atoms.